The van der Waals surface area contributed by atoms with Crippen LogP contribution >= 0.6 is 0 Å². The van der Waals surface area contributed by atoms with Crippen molar-refractivity contribution >= 4 is 22.5 Å². The SMILES string of the molecule is Cc1ccc(C)c(C(=O)Cn2nc3n(CCc4ccccc4)c(=O)c4ccccc4n3c2=O)c1. The number of rotatable bonds is 6. The summed E-state index contributed by atoms with van der Waals surface area (Å²) in [4.78, 5) is 39.8. The number of aryl methyl sites for hydroxylation is 4. The highest BCUT2D eigenvalue weighted by molar-refractivity contribution is 5.97. The summed E-state index contributed by atoms with van der Waals surface area (Å²) in [5.41, 5.74) is 3.28. The Hall–Kier alpha value is -4.26. The third kappa shape index (κ3) is 3.75. The number of fused-ring (bicyclic) bond motifs is 3. The number of benzene rings is 3. The maximum absolute atomic E-state index is 13.4. The molecule has 0 fully saturated rings. The fraction of sp³-hybridized carbons (Fsp3) is 0.185. The van der Waals surface area contributed by atoms with Crippen LogP contribution in [0.3, 0.4) is 0 Å². The highest BCUT2D eigenvalue weighted by atomic mass is 16.2. The van der Waals surface area contributed by atoms with Gasteiger partial charge in [0.05, 0.1) is 10.9 Å². The predicted octanol–water partition coefficient (Wildman–Crippen LogP) is 3.55. The molecule has 2 heterocycles. The number of carbonyl (C=O) groups excluding carboxylic acids is 1. The molecule has 34 heavy (non-hydrogen) atoms. The molecule has 0 spiro atoms. The minimum Gasteiger partial charge on any atom is -0.292 e. The lowest BCUT2D eigenvalue weighted by Crippen LogP contribution is -2.28. The highest BCUT2D eigenvalue weighted by Crippen LogP contribution is 2.14. The molecular formula is C27H24N4O3. The molecule has 5 aromatic rings. The Morgan fingerprint density at radius 1 is 0.912 bits per heavy atom. The van der Waals surface area contributed by atoms with Gasteiger partial charge in [-0.2, -0.15) is 0 Å². The van der Waals surface area contributed by atoms with Gasteiger partial charge in [-0.1, -0.05) is 60.2 Å². The minimum atomic E-state index is -0.446. The number of ketones is 1. The molecule has 0 N–H and O–H groups in total. The first kappa shape index (κ1) is 21.6. The summed E-state index contributed by atoms with van der Waals surface area (Å²) in [5, 5.41) is 4.90. The van der Waals surface area contributed by atoms with Gasteiger partial charge in [0.25, 0.3) is 5.56 Å². The molecule has 0 radical (unpaired) electrons. The maximum Gasteiger partial charge on any atom is 0.352 e. The molecule has 5 rings (SSSR count). The molecule has 0 amide bonds. The quantitative estimate of drug-likeness (QED) is 0.369. The van der Waals surface area contributed by atoms with Crippen LogP contribution in [0, 0.1) is 13.8 Å². The van der Waals surface area contributed by atoms with Gasteiger partial charge >= 0.3 is 5.69 Å². The summed E-state index contributed by atoms with van der Waals surface area (Å²) in [6.07, 6.45) is 0.608. The average Bonchev–Trinajstić information content (AvgIpc) is 3.16. The van der Waals surface area contributed by atoms with Gasteiger partial charge in [0, 0.05) is 12.1 Å². The van der Waals surface area contributed by atoms with Crippen molar-refractivity contribution < 1.29 is 4.79 Å². The van der Waals surface area contributed by atoms with E-state index in [1.54, 1.807) is 24.3 Å². The maximum atomic E-state index is 13.4. The molecule has 7 nitrogen and oxygen atoms in total. The molecule has 7 heteroatoms. The molecule has 0 atom stereocenters. The number of para-hydroxylation sites is 1. The summed E-state index contributed by atoms with van der Waals surface area (Å²) >= 11 is 0. The molecule has 0 bridgehead atoms. The fourth-order valence-corrected chi connectivity index (χ4v) is 4.32. The molecule has 0 unspecified atom stereocenters. The number of aromatic nitrogens is 4. The van der Waals surface area contributed by atoms with E-state index in [0.29, 0.717) is 29.4 Å². The van der Waals surface area contributed by atoms with E-state index in [2.05, 4.69) is 5.10 Å². The average molecular weight is 453 g/mol. The van der Waals surface area contributed by atoms with E-state index in [-0.39, 0.29) is 23.7 Å². The normalized spacial score (nSPS) is 11.4. The van der Waals surface area contributed by atoms with Crippen molar-refractivity contribution in [1.82, 2.24) is 18.7 Å². The van der Waals surface area contributed by atoms with Crippen LogP contribution in [0.2, 0.25) is 0 Å². The molecule has 0 aliphatic rings. The van der Waals surface area contributed by atoms with E-state index in [1.807, 2.05) is 62.4 Å². The van der Waals surface area contributed by atoms with E-state index < -0.39 is 5.69 Å². The van der Waals surface area contributed by atoms with Crippen LogP contribution in [-0.2, 0) is 19.5 Å². The molecule has 0 saturated carbocycles. The molecule has 0 saturated heterocycles. The van der Waals surface area contributed by atoms with E-state index in [9.17, 15) is 14.4 Å². The van der Waals surface area contributed by atoms with Gasteiger partial charge in [-0.3, -0.25) is 14.2 Å². The smallest absolute Gasteiger partial charge is 0.292 e. The van der Waals surface area contributed by atoms with Gasteiger partial charge < -0.3 is 0 Å². The van der Waals surface area contributed by atoms with Gasteiger partial charge in [0.15, 0.2) is 5.78 Å². The zero-order valence-corrected chi connectivity index (χ0v) is 19.1. The second kappa shape index (κ2) is 8.59. The van der Waals surface area contributed by atoms with Gasteiger partial charge in [-0.05, 0) is 49.6 Å². The van der Waals surface area contributed by atoms with Crippen LogP contribution < -0.4 is 11.2 Å². The van der Waals surface area contributed by atoms with Crippen LogP contribution in [-0.4, -0.2) is 24.5 Å². The van der Waals surface area contributed by atoms with Crippen LogP contribution in [0.1, 0.15) is 27.0 Å². The number of hydrogen-bond acceptors (Lipinski definition) is 4. The number of carbonyl (C=O) groups is 1. The summed E-state index contributed by atoms with van der Waals surface area (Å²) in [6.45, 7) is 3.95. The van der Waals surface area contributed by atoms with Crippen LogP contribution in [0.15, 0.2) is 82.4 Å². The number of hydrogen-bond donors (Lipinski definition) is 0. The lowest BCUT2D eigenvalue weighted by atomic mass is 10.0. The van der Waals surface area contributed by atoms with Crippen molar-refractivity contribution in [2.24, 2.45) is 0 Å². The van der Waals surface area contributed by atoms with Crippen molar-refractivity contribution in [3.63, 3.8) is 0 Å². The Balaban J connectivity index is 1.64. The molecule has 0 aliphatic heterocycles. The zero-order chi connectivity index (χ0) is 23.8. The summed E-state index contributed by atoms with van der Waals surface area (Å²) in [6, 6.07) is 22.5. The van der Waals surface area contributed by atoms with Gasteiger partial charge in [0.1, 0.15) is 6.54 Å². The first-order valence-corrected chi connectivity index (χ1v) is 11.2. The summed E-state index contributed by atoms with van der Waals surface area (Å²) < 4.78 is 4.11. The van der Waals surface area contributed by atoms with Crippen molar-refractivity contribution in [2.45, 2.75) is 33.4 Å². The third-order valence-corrected chi connectivity index (χ3v) is 6.14. The van der Waals surface area contributed by atoms with E-state index in [0.717, 1.165) is 21.4 Å². The lowest BCUT2D eigenvalue weighted by Gasteiger charge is -2.09. The monoisotopic (exact) mass is 452 g/mol. The second-order valence-electron chi connectivity index (χ2n) is 8.53. The van der Waals surface area contributed by atoms with Crippen molar-refractivity contribution in [1.29, 1.82) is 0 Å². The van der Waals surface area contributed by atoms with E-state index in [1.165, 1.54) is 8.97 Å². The molecule has 170 valence electrons. The van der Waals surface area contributed by atoms with Crippen LogP contribution in [0.5, 0.6) is 0 Å². The first-order valence-electron chi connectivity index (χ1n) is 11.2. The van der Waals surface area contributed by atoms with Gasteiger partial charge in [0.2, 0.25) is 5.78 Å². The summed E-state index contributed by atoms with van der Waals surface area (Å²) in [7, 11) is 0. The first-order chi connectivity index (χ1) is 16.4. The Morgan fingerprint density at radius 3 is 2.44 bits per heavy atom. The Kier molecular flexibility index (Phi) is 5.45. The topological polar surface area (TPSA) is 78.4 Å². The minimum absolute atomic E-state index is 0.200. The number of Topliss-reactive ketones (excluding diaryl/α,β-unsaturated/α-hetero) is 1. The summed E-state index contributed by atoms with van der Waals surface area (Å²) in [5.74, 6) is 0.0348. The fourth-order valence-electron chi connectivity index (χ4n) is 4.32. The van der Waals surface area contributed by atoms with E-state index >= 15 is 0 Å². The third-order valence-electron chi connectivity index (χ3n) is 6.14. The predicted molar refractivity (Wildman–Crippen MR) is 132 cm³/mol. The Labute approximate surface area is 195 Å². The van der Waals surface area contributed by atoms with Gasteiger partial charge in [-0.25, -0.2) is 13.9 Å². The Bertz CT molecular complexity index is 1660. The van der Waals surface area contributed by atoms with Crippen molar-refractivity contribution in [3.05, 3.63) is 116 Å². The van der Waals surface area contributed by atoms with Gasteiger partial charge in [-0.15, -0.1) is 5.10 Å². The molecular weight excluding hydrogens is 428 g/mol. The highest BCUT2D eigenvalue weighted by Gasteiger charge is 2.19. The van der Waals surface area contributed by atoms with E-state index in [4.69, 9.17) is 0 Å². The van der Waals surface area contributed by atoms with Crippen LogP contribution in [0.25, 0.3) is 16.7 Å². The lowest BCUT2D eigenvalue weighted by molar-refractivity contribution is 0.0965. The largest absolute Gasteiger partial charge is 0.352 e. The Morgan fingerprint density at radius 2 is 1.65 bits per heavy atom. The second-order valence-corrected chi connectivity index (χ2v) is 8.53. The van der Waals surface area contributed by atoms with Crippen molar-refractivity contribution in [3.8, 4) is 0 Å². The molecule has 0 aliphatic carbocycles. The molecule has 3 aromatic carbocycles. The molecule has 2 aromatic heterocycles. The zero-order valence-electron chi connectivity index (χ0n) is 19.1. The number of nitrogens with zero attached hydrogens (tertiary/aromatic N) is 4. The standard InChI is InChI=1S/C27H24N4O3/c1-18-12-13-19(2)22(16-18)24(32)17-30-27(34)31-23-11-7-6-10-21(23)25(33)29(26(31)28-30)15-14-20-8-4-3-5-9-20/h3-13,16H,14-15,17H2,1-2H3. The van der Waals surface area contributed by atoms with Crippen LogP contribution in [0.4, 0.5) is 0 Å². The van der Waals surface area contributed by atoms with Crippen molar-refractivity contribution in [2.75, 3.05) is 0 Å².